The first kappa shape index (κ1) is 15.1. The first-order valence-electron chi connectivity index (χ1n) is 6.22. The van der Waals surface area contributed by atoms with Gasteiger partial charge in [0.2, 0.25) is 0 Å². The average molecular weight is 341 g/mol. The van der Waals surface area contributed by atoms with E-state index in [0.29, 0.717) is 16.9 Å². The van der Waals surface area contributed by atoms with Crippen LogP contribution < -0.4 is 10.4 Å². The zero-order valence-corrected chi connectivity index (χ0v) is 13.5. The Morgan fingerprint density at radius 3 is 2.55 bits per heavy atom. The van der Waals surface area contributed by atoms with Crippen molar-refractivity contribution in [3.05, 3.63) is 38.7 Å². The fraction of sp³-hybridized carbons (Fsp3) is 0.400. The van der Waals surface area contributed by atoms with Crippen LogP contribution in [0.1, 0.15) is 26.3 Å². The molecular weight excluding hydrogens is 324 g/mol. The minimum atomic E-state index is -0.315. The molecule has 5 heteroatoms. The number of ether oxygens (including phenoxy) is 2. The molecule has 2 aromatic rings. The van der Waals surface area contributed by atoms with E-state index in [1.54, 1.807) is 13.2 Å². The standard InChI is InChI=1S/C15H17BrO4/c1-15(2,3)10-5-9-6-11(16)13(19-8-18-4)7-12(9)20-14(10)17/h5-7H,8H2,1-4H3. The second kappa shape index (κ2) is 5.58. The molecule has 0 radical (unpaired) electrons. The number of methoxy groups -OCH3 is 1. The second-order valence-corrected chi connectivity index (χ2v) is 6.42. The Hall–Kier alpha value is -1.33. The fourth-order valence-electron chi connectivity index (χ4n) is 1.88. The molecule has 0 aliphatic rings. The third-order valence-electron chi connectivity index (χ3n) is 2.93. The molecule has 0 saturated carbocycles. The van der Waals surface area contributed by atoms with Crippen LogP contribution in [0.5, 0.6) is 5.75 Å². The summed E-state index contributed by atoms with van der Waals surface area (Å²) in [6.07, 6.45) is 0. The summed E-state index contributed by atoms with van der Waals surface area (Å²) < 4.78 is 16.5. The van der Waals surface area contributed by atoms with Crippen LogP contribution in [0.15, 0.2) is 31.9 Å². The van der Waals surface area contributed by atoms with Crippen LogP contribution in [0.25, 0.3) is 11.0 Å². The lowest BCUT2D eigenvalue weighted by Crippen LogP contribution is -2.21. The largest absolute Gasteiger partial charge is 0.466 e. The molecule has 4 nitrogen and oxygen atoms in total. The minimum absolute atomic E-state index is 0.133. The van der Waals surface area contributed by atoms with Gasteiger partial charge in [-0.15, -0.1) is 0 Å². The van der Waals surface area contributed by atoms with Crippen molar-refractivity contribution < 1.29 is 13.9 Å². The van der Waals surface area contributed by atoms with E-state index < -0.39 is 0 Å². The van der Waals surface area contributed by atoms with Crippen LogP contribution in [0.3, 0.4) is 0 Å². The number of hydrogen-bond acceptors (Lipinski definition) is 4. The third kappa shape index (κ3) is 3.04. The SMILES string of the molecule is COCOc1cc2oc(=O)c(C(C)(C)C)cc2cc1Br. The Balaban J connectivity index is 2.59. The van der Waals surface area contributed by atoms with Crippen molar-refractivity contribution in [1.29, 1.82) is 0 Å². The lowest BCUT2D eigenvalue weighted by atomic mass is 9.88. The molecule has 0 unspecified atom stereocenters. The molecule has 0 atom stereocenters. The van der Waals surface area contributed by atoms with Gasteiger partial charge in [-0.2, -0.15) is 0 Å². The Morgan fingerprint density at radius 1 is 1.25 bits per heavy atom. The molecule has 0 aliphatic heterocycles. The van der Waals surface area contributed by atoms with Crippen LogP contribution in [-0.2, 0) is 10.2 Å². The number of halogens is 1. The summed E-state index contributed by atoms with van der Waals surface area (Å²) in [5.74, 6) is 0.575. The Morgan fingerprint density at radius 2 is 1.95 bits per heavy atom. The van der Waals surface area contributed by atoms with Gasteiger partial charge >= 0.3 is 5.63 Å². The van der Waals surface area contributed by atoms with E-state index in [1.807, 2.05) is 32.9 Å². The highest BCUT2D eigenvalue weighted by molar-refractivity contribution is 9.10. The maximum Gasteiger partial charge on any atom is 0.339 e. The smallest absolute Gasteiger partial charge is 0.339 e. The summed E-state index contributed by atoms with van der Waals surface area (Å²) in [7, 11) is 1.55. The molecule has 2 rings (SSSR count). The molecule has 0 spiro atoms. The highest BCUT2D eigenvalue weighted by Gasteiger charge is 2.20. The maximum atomic E-state index is 12.0. The van der Waals surface area contributed by atoms with Crippen molar-refractivity contribution >= 4 is 26.9 Å². The molecule has 108 valence electrons. The first-order valence-corrected chi connectivity index (χ1v) is 7.02. The van der Waals surface area contributed by atoms with E-state index in [2.05, 4.69) is 15.9 Å². The van der Waals surface area contributed by atoms with Crippen molar-refractivity contribution in [2.75, 3.05) is 13.9 Å². The van der Waals surface area contributed by atoms with Crippen LogP contribution in [-0.4, -0.2) is 13.9 Å². The predicted octanol–water partition coefficient (Wildman–Crippen LogP) is 3.84. The van der Waals surface area contributed by atoms with Gasteiger partial charge < -0.3 is 13.9 Å². The quantitative estimate of drug-likeness (QED) is 0.629. The molecule has 1 aromatic carbocycles. The number of hydrogen-bond donors (Lipinski definition) is 0. The highest BCUT2D eigenvalue weighted by atomic mass is 79.9. The topological polar surface area (TPSA) is 48.7 Å². The highest BCUT2D eigenvalue weighted by Crippen LogP contribution is 2.31. The van der Waals surface area contributed by atoms with Gasteiger partial charge in [-0.3, -0.25) is 0 Å². The van der Waals surface area contributed by atoms with Crippen molar-refractivity contribution in [1.82, 2.24) is 0 Å². The molecule has 0 bridgehead atoms. The van der Waals surface area contributed by atoms with Gasteiger partial charge in [0.05, 0.1) is 4.47 Å². The van der Waals surface area contributed by atoms with E-state index in [0.717, 1.165) is 9.86 Å². The Labute approximate surface area is 125 Å². The normalized spacial score (nSPS) is 11.8. The lowest BCUT2D eigenvalue weighted by Gasteiger charge is -2.17. The minimum Gasteiger partial charge on any atom is -0.466 e. The molecule has 0 amide bonds. The van der Waals surface area contributed by atoms with Crippen LogP contribution in [0, 0.1) is 0 Å². The van der Waals surface area contributed by atoms with E-state index in [4.69, 9.17) is 13.9 Å². The molecule has 0 fully saturated rings. The van der Waals surface area contributed by atoms with Crippen molar-refractivity contribution in [2.24, 2.45) is 0 Å². The molecule has 0 N–H and O–H groups in total. The first-order chi connectivity index (χ1) is 9.32. The van der Waals surface area contributed by atoms with Crippen molar-refractivity contribution in [3.8, 4) is 5.75 Å². The van der Waals surface area contributed by atoms with Crippen LogP contribution in [0.4, 0.5) is 0 Å². The molecule has 1 heterocycles. The molecule has 20 heavy (non-hydrogen) atoms. The number of benzene rings is 1. The zero-order valence-electron chi connectivity index (χ0n) is 12.0. The van der Waals surface area contributed by atoms with Gasteiger partial charge in [0.15, 0.2) is 6.79 Å². The van der Waals surface area contributed by atoms with E-state index >= 15 is 0 Å². The number of rotatable bonds is 3. The maximum absolute atomic E-state index is 12.0. The lowest BCUT2D eigenvalue weighted by molar-refractivity contribution is 0.0506. The van der Waals surface area contributed by atoms with E-state index in [9.17, 15) is 4.79 Å². The zero-order chi connectivity index (χ0) is 14.9. The molecule has 0 saturated heterocycles. The second-order valence-electron chi connectivity index (χ2n) is 5.57. The van der Waals surface area contributed by atoms with Gasteiger partial charge in [0, 0.05) is 24.1 Å². The Kier molecular flexibility index (Phi) is 4.20. The molecule has 1 aromatic heterocycles. The molecule has 0 aliphatic carbocycles. The summed E-state index contributed by atoms with van der Waals surface area (Å²) in [6, 6.07) is 5.43. The van der Waals surface area contributed by atoms with Gasteiger partial charge in [0.1, 0.15) is 11.3 Å². The average Bonchev–Trinajstić information content (AvgIpc) is 2.35. The predicted molar refractivity (Wildman–Crippen MR) is 81.4 cm³/mol. The summed E-state index contributed by atoms with van der Waals surface area (Å²) >= 11 is 3.44. The van der Waals surface area contributed by atoms with E-state index in [1.165, 1.54) is 0 Å². The van der Waals surface area contributed by atoms with Crippen LogP contribution in [0.2, 0.25) is 0 Å². The third-order valence-corrected chi connectivity index (χ3v) is 3.55. The van der Waals surface area contributed by atoms with Crippen molar-refractivity contribution in [3.63, 3.8) is 0 Å². The van der Waals surface area contributed by atoms with Crippen LogP contribution >= 0.6 is 15.9 Å². The van der Waals surface area contributed by atoms with Gasteiger partial charge in [-0.05, 0) is 33.5 Å². The monoisotopic (exact) mass is 340 g/mol. The number of fused-ring (bicyclic) bond motifs is 1. The van der Waals surface area contributed by atoms with E-state index in [-0.39, 0.29) is 17.8 Å². The van der Waals surface area contributed by atoms with Gasteiger partial charge in [-0.1, -0.05) is 20.8 Å². The summed E-state index contributed by atoms with van der Waals surface area (Å²) in [6.45, 7) is 6.08. The summed E-state index contributed by atoms with van der Waals surface area (Å²) in [4.78, 5) is 12.0. The fourth-order valence-corrected chi connectivity index (χ4v) is 2.35. The molecular formula is C15H17BrO4. The van der Waals surface area contributed by atoms with Gasteiger partial charge in [-0.25, -0.2) is 4.79 Å². The van der Waals surface area contributed by atoms with Crippen molar-refractivity contribution in [2.45, 2.75) is 26.2 Å². The van der Waals surface area contributed by atoms with Gasteiger partial charge in [0.25, 0.3) is 0 Å². The summed E-state index contributed by atoms with van der Waals surface area (Å²) in [5, 5.41) is 0.853. The summed E-state index contributed by atoms with van der Waals surface area (Å²) in [5.41, 5.74) is 0.580. The Bertz CT molecular complexity index is 683.